The molecule has 56 valence electrons. The SMILES string of the molecule is CC([OH2+])COC(C)CO. The summed E-state index contributed by atoms with van der Waals surface area (Å²) < 4.78 is 5.02. The molecular weight excluding hydrogens is 120 g/mol. The summed E-state index contributed by atoms with van der Waals surface area (Å²) in [6.45, 7) is 3.97. The molecule has 0 aliphatic heterocycles. The van der Waals surface area contributed by atoms with E-state index in [-0.39, 0.29) is 18.8 Å². The summed E-state index contributed by atoms with van der Waals surface area (Å²) in [5.41, 5.74) is 0. The van der Waals surface area contributed by atoms with E-state index in [9.17, 15) is 0 Å². The van der Waals surface area contributed by atoms with Crippen molar-refractivity contribution >= 4 is 0 Å². The van der Waals surface area contributed by atoms with Crippen LogP contribution >= 0.6 is 0 Å². The normalized spacial score (nSPS) is 17.3. The Labute approximate surface area is 55.3 Å². The van der Waals surface area contributed by atoms with Gasteiger partial charge in [-0.05, 0) is 6.92 Å². The topological polar surface area (TPSA) is 52.4 Å². The van der Waals surface area contributed by atoms with Gasteiger partial charge in [-0.15, -0.1) is 0 Å². The Morgan fingerprint density at radius 2 is 2.11 bits per heavy atom. The van der Waals surface area contributed by atoms with Crippen LogP contribution in [0.4, 0.5) is 0 Å². The van der Waals surface area contributed by atoms with E-state index in [1.807, 2.05) is 0 Å². The van der Waals surface area contributed by atoms with Crippen LogP contribution in [0, 0.1) is 0 Å². The molecule has 0 heterocycles. The molecule has 0 saturated heterocycles. The average molecular weight is 135 g/mol. The van der Waals surface area contributed by atoms with Gasteiger partial charge in [0.15, 0.2) is 6.10 Å². The summed E-state index contributed by atoms with van der Waals surface area (Å²) in [5.74, 6) is 0. The molecule has 0 aromatic heterocycles. The van der Waals surface area contributed by atoms with Gasteiger partial charge in [-0.2, -0.15) is 0 Å². The number of rotatable bonds is 4. The lowest BCUT2D eigenvalue weighted by molar-refractivity contribution is -0.0177. The van der Waals surface area contributed by atoms with Crippen LogP contribution in [0.2, 0.25) is 0 Å². The molecule has 0 radical (unpaired) electrons. The minimum atomic E-state index is -0.195. The minimum Gasteiger partial charge on any atom is -0.442 e. The van der Waals surface area contributed by atoms with Crippen molar-refractivity contribution in [2.45, 2.75) is 26.1 Å². The van der Waals surface area contributed by atoms with E-state index in [1.165, 1.54) is 0 Å². The van der Waals surface area contributed by atoms with Crippen LogP contribution in [-0.2, 0) is 4.74 Å². The third-order valence-electron chi connectivity index (χ3n) is 0.888. The van der Waals surface area contributed by atoms with Gasteiger partial charge in [0.1, 0.15) is 6.61 Å². The van der Waals surface area contributed by atoms with Crippen LogP contribution in [0.25, 0.3) is 0 Å². The monoisotopic (exact) mass is 135 g/mol. The van der Waals surface area contributed by atoms with Gasteiger partial charge in [0.2, 0.25) is 0 Å². The van der Waals surface area contributed by atoms with E-state index >= 15 is 0 Å². The van der Waals surface area contributed by atoms with Crippen molar-refractivity contribution in [1.29, 1.82) is 0 Å². The number of hydrogen-bond donors (Lipinski definition) is 1. The molecule has 9 heavy (non-hydrogen) atoms. The van der Waals surface area contributed by atoms with Crippen molar-refractivity contribution in [3.8, 4) is 0 Å². The van der Waals surface area contributed by atoms with E-state index in [0.29, 0.717) is 6.61 Å². The fraction of sp³-hybridized carbons (Fsp3) is 1.00. The number of aliphatic hydroxyl groups is 1. The van der Waals surface area contributed by atoms with Gasteiger partial charge < -0.3 is 14.9 Å². The zero-order valence-electron chi connectivity index (χ0n) is 5.92. The van der Waals surface area contributed by atoms with Crippen molar-refractivity contribution < 1.29 is 14.9 Å². The first kappa shape index (κ1) is 8.88. The zero-order chi connectivity index (χ0) is 7.28. The molecule has 3 N–H and O–H groups in total. The first-order valence-electron chi connectivity index (χ1n) is 3.10. The number of hydrogen-bond acceptors (Lipinski definition) is 2. The van der Waals surface area contributed by atoms with Crippen LogP contribution in [0.3, 0.4) is 0 Å². The molecule has 0 aliphatic carbocycles. The van der Waals surface area contributed by atoms with Gasteiger partial charge in [0, 0.05) is 6.92 Å². The minimum absolute atomic E-state index is 0.0344. The number of ether oxygens (including phenoxy) is 1. The first-order valence-corrected chi connectivity index (χ1v) is 3.10. The predicted molar refractivity (Wildman–Crippen MR) is 35.6 cm³/mol. The van der Waals surface area contributed by atoms with Gasteiger partial charge in [0.05, 0.1) is 12.7 Å². The Morgan fingerprint density at radius 3 is 2.44 bits per heavy atom. The van der Waals surface area contributed by atoms with Gasteiger partial charge in [-0.25, -0.2) is 0 Å². The number of aliphatic hydroxyl groups excluding tert-OH is 1. The van der Waals surface area contributed by atoms with Gasteiger partial charge in [-0.3, -0.25) is 0 Å². The summed E-state index contributed by atoms with van der Waals surface area (Å²) >= 11 is 0. The highest BCUT2D eigenvalue weighted by Crippen LogP contribution is 1.90. The second-order valence-electron chi connectivity index (χ2n) is 2.23. The van der Waals surface area contributed by atoms with Crippen LogP contribution in [0.15, 0.2) is 0 Å². The molecule has 2 atom stereocenters. The molecule has 0 rings (SSSR count). The fourth-order valence-corrected chi connectivity index (χ4v) is 0.361. The maximum Gasteiger partial charge on any atom is 0.174 e. The molecule has 0 fully saturated rings. The Balaban J connectivity index is 3.06. The van der Waals surface area contributed by atoms with E-state index < -0.39 is 0 Å². The molecule has 0 spiro atoms. The van der Waals surface area contributed by atoms with E-state index in [0.717, 1.165) is 0 Å². The molecular formula is C6H15O3+. The Bertz CT molecular complexity index is 63.3. The highest BCUT2D eigenvalue weighted by Gasteiger charge is 2.03. The van der Waals surface area contributed by atoms with Gasteiger partial charge in [-0.1, -0.05) is 0 Å². The molecule has 0 aromatic rings. The van der Waals surface area contributed by atoms with Crippen molar-refractivity contribution in [2.24, 2.45) is 0 Å². The van der Waals surface area contributed by atoms with Crippen LogP contribution in [0.5, 0.6) is 0 Å². The summed E-state index contributed by atoms with van der Waals surface area (Å²) in [7, 11) is 0. The third kappa shape index (κ3) is 5.76. The largest absolute Gasteiger partial charge is 0.442 e. The van der Waals surface area contributed by atoms with Crippen LogP contribution < -0.4 is 0 Å². The Hall–Kier alpha value is -0.120. The van der Waals surface area contributed by atoms with Crippen LogP contribution in [0.1, 0.15) is 13.8 Å². The van der Waals surface area contributed by atoms with Crippen LogP contribution in [-0.4, -0.2) is 35.6 Å². The molecule has 0 aromatic carbocycles. The summed E-state index contributed by atoms with van der Waals surface area (Å²) in [5, 5.41) is 15.5. The highest BCUT2D eigenvalue weighted by molar-refractivity contribution is 4.47. The lowest BCUT2D eigenvalue weighted by Gasteiger charge is -2.08. The third-order valence-corrected chi connectivity index (χ3v) is 0.888. The predicted octanol–water partition coefficient (Wildman–Crippen LogP) is -0.503. The lowest BCUT2D eigenvalue weighted by Crippen LogP contribution is -2.19. The van der Waals surface area contributed by atoms with Gasteiger partial charge in [0.25, 0.3) is 0 Å². The van der Waals surface area contributed by atoms with Crippen molar-refractivity contribution in [2.75, 3.05) is 13.2 Å². The average Bonchev–Trinajstić information content (AvgIpc) is 1.83. The molecule has 0 saturated carbocycles. The van der Waals surface area contributed by atoms with Crippen molar-refractivity contribution in [3.63, 3.8) is 0 Å². The lowest BCUT2D eigenvalue weighted by atomic mass is 10.4. The molecule has 0 bridgehead atoms. The second kappa shape index (κ2) is 4.73. The molecule has 0 amide bonds. The van der Waals surface area contributed by atoms with Crippen molar-refractivity contribution in [1.82, 2.24) is 0 Å². The maximum atomic E-state index is 8.46. The summed E-state index contributed by atoms with van der Waals surface area (Å²) in [6.07, 6.45) is -0.322. The van der Waals surface area contributed by atoms with Crippen molar-refractivity contribution in [3.05, 3.63) is 0 Å². The Morgan fingerprint density at radius 1 is 1.56 bits per heavy atom. The van der Waals surface area contributed by atoms with Gasteiger partial charge >= 0.3 is 0 Å². The molecule has 3 heteroatoms. The van der Waals surface area contributed by atoms with E-state index in [1.54, 1.807) is 13.8 Å². The Kier molecular flexibility index (Phi) is 4.67. The molecule has 0 aliphatic rings. The maximum absolute atomic E-state index is 8.46. The standard InChI is InChI=1S/C6H14O3/c1-5(8)4-9-6(2)3-7/h5-8H,3-4H2,1-2H3/p+1. The summed E-state index contributed by atoms with van der Waals surface area (Å²) in [6, 6.07) is 0. The quantitative estimate of drug-likeness (QED) is 0.528. The van der Waals surface area contributed by atoms with E-state index in [4.69, 9.17) is 14.9 Å². The zero-order valence-corrected chi connectivity index (χ0v) is 5.92. The highest BCUT2D eigenvalue weighted by atomic mass is 16.5. The first-order chi connectivity index (χ1) is 4.16. The summed E-state index contributed by atoms with van der Waals surface area (Å²) in [4.78, 5) is 0. The second-order valence-corrected chi connectivity index (χ2v) is 2.23. The smallest absolute Gasteiger partial charge is 0.174 e. The van der Waals surface area contributed by atoms with E-state index in [2.05, 4.69) is 0 Å². The molecule has 2 unspecified atom stereocenters. The molecule has 3 nitrogen and oxygen atoms in total. The fourth-order valence-electron chi connectivity index (χ4n) is 0.361.